The molecule has 1 heterocycles. The summed E-state index contributed by atoms with van der Waals surface area (Å²) in [7, 11) is 0. The first-order chi connectivity index (χ1) is 10.1. The molecule has 0 bridgehead atoms. The van der Waals surface area contributed by atoms with Crippen LogP contribution in [0.3, 0.4) is 0 Å². The number of benzene rings is 1. The molecule has 21 heavy (non-hydrogen) atoms. The molecular weight excluding hydrogens is 292 g/mol. The molecular formula is C14H7ClN4O2. The predicted octanol–water partition coefficient (Wildman–Crippen LogP) is 2.24. The van der Waals surface area contributed by atoms with Crippen molar-refractivity contribution in [3.8, 4) is 29.7 Å². The van der Waals surface area contributed by atoms with Crippen LogP contribution in [-0.2, 0) is 0 Å². The van der Waals surface area contributed by atoms with Crippen LogP contribution in [0.5, 0.6) is 11.5 Å². The first-order valence-corrected chi connectivity index (χ1v) is 5.99. The van der Waals surface area contributed by atoms with Gasteiger partial charge in [0.25, 0.3) is 0 Å². The van der Waals surface area contributed by atoms with Crippen molar-refractivity contribution in [3.63, 3.8) is 0 Å². The van der Waals surface area contributed by atoms with Gasteiger partial charge in [0.2, 0.25) is 6.79 Å². The first kappa shape index (κ1) is 14.3. The minimum atomic E-state index is -0.334. The van der Waals surface area contributed by atoms with Gasteiger partial charge in [0.1, 0.15) is 18.2 Å². The van der Waals surface area contributed by atoms with E-state index in [0.717, 1.165) is 0 Å². The van der Waals surface area contributed by atoms with E-state index in [1.54, 1.807) is 24.3 Å². The summed E-state index contributed by atoms with van der Waals surface area (Å²) < 4.78 is 10.4. The van der Waals surface area contributed by atoms with Gasteiger partial charge in [0.15, 0.2) is 17.1 Å². The maximum Gasteiger partial charge on any atom is 0.231 e. The number of nitriles is 3. The van der Waals surface area contributed by atoms with Crippen molar-refractivity contribution in [1.82, 2.24) is 0 Å². The molecule has 0 aromatic heterocycles. The summed E-state index contributed by atoms with van der Waals surface area (Å²) in [5.74, 6) is 1.00. The monoisotopic (exact) mass is 298 g/mol. The lowest BCUT2D eigenvalue weighted by Crippen LogP contribution is -2.03. The second-order valence-electron chi connectivity index (χ2n) is 3.91. The second-order valence-corrected chi connectivity index (χ2v) is 4.32. The molecule has 1 aromatic rings. The van der Waals surface area contributed by atoms with Gasteiger partial charge < -0.3 is 15.2 Å². The topological polar surface area (TPSA) is 116 Å². The summed E-state index contributed by atoms with van der Waals surface area (Å²) in [6.07, 6.45) is 1.38. The Labute approximate surface area is 125 Å². The summed E-state index contributed by atoms with van der Waals surface area (Å²) in [6.45, 7) is 0.0962. The van der Waals surface area contributed by atoms with Gasteiger partial charge in [-0.15, -0.1) is 0 Å². The molecule has 0 atom stereocenters. The van der Waals surface area contributed by atoms with Crippen molar-refractivity contribution < 1.29 is 9.47 Å². The van der Waals surface area contributed by atoms with Crippen molar-refractivity contribution in [2.24, 2.45) is 5.73 Å². The quantitative estimate of drug-likeness (QED) is 0.661. The van der Waals surface area contributed by atoms with Gasteiger partial charge >= 0.3 is 0 Å². The minimum Gasteiger partial charge on any atom is -0.454 e. The molecule has 2 N–H and O–H groups in total. The van der Waals surface area contributed by atoms with E-state index in [-0.39, 0.29) is 23.6 Å². The number of rotatable bonds is 2. The normalized spacial score (nSPS) is 12.0. The second kappa shape index (κ2) is 5.88. The molecule has 0 radical (unpaired) electrons. The maximum atomic E-state index is 9.13. The molecule has 1 aliphatic rings. The van der Waals surface area contributed by atoms with E-state index >= 15 is 0 Å². The van der Waals surface area contributed by atoms with Crippen molar-refractivity contribution in [1.29, 1.82) is 15.8 Å². The molecule has 6 nitrogen and oxygen atoms in total. The Morgan fingerprint density at radius 2 is 1.76 bits per heavy atom. The van der Waals surface area contributed by atoms with Crippen LogP contribution in [0.1, 0.15) is 5.56 Å². The third kappa shape index (κ3) is 2.74. The summed E-state index contributed by atoms with van der Waals surface area (Å²) in [6, 6.07) is 8.25. The Balaban J connectivity index is 2.53. The van der Waals surface area contributed by atoms with E-state index in [2.05, 4.69) is 0 Å². The molecule has 0 aliphatic carbocycles. The van der Waals surface area contributed by atoms with Crippen LogP contribution in [-0.4, -0.2) is 6.79 Å². The van der Waals surface area contributed by atoms with Gasteiger partial charge in [0, 0.05) is 6.07 Å². The molecule has 0 fully saturated rings. The van der Waals surface area contributed by atoms with Gasteiger partial charge in [-0.3, -0.25) is 0 Å². The molecule has 7 heteroatoms. The zero-order chi connectivity index (χ0) is 15.4. The number of hydrogen-bond acceptors (Lipinski definition) is 6. The number of ether oxygens (including phenoxy) is 2. The van der Waals surface area contributed by atoms with Gasteiger partial charge in [-0.25, -0.2) is 0 Å². The van der Waals surface area contributed by atoms with Crippen LogP contribution in [0.4, 0.5) is 0 Å². The molecule has 1 aliphatic heterocycles. The van der Waals surface area contributed by atoms with Crippen LogP contribution in [0.2, 0.25) is 5.02 Å². The van der Waals surface area contributed by atoms with E-state index in [9.17, 15) is 0 Å². The van der Waals surface area contributed by atoms with Crippen molar-refractivity contribution in [2.75, 3.05) is 6.79 Å². The zero-order valence-electron chi connectivity index (χ0n) is 10.6. The standard InChI is InChI=1S/C14H7ClN4O2/c15-11-3-13-12(20-7-21-13)2-8(11)1-9(4-16)14(19)10(5-17)6-18/h1-3H,7,19H2. The van der Waals surface area contributed by atoms with Crippen LogP contribution >= 0.6 is 11.6 Å². The molecule has 0 saturated heterocycles. The zero-order valence-corrected chi connectivity index (χ0v) is 11.3. The lowest BCUT2D eigenvalue weighted by Gasteiger charge is -2.04. The molecule has 0 amide bonds. The molecule has 0 unspecified atom stereocenters. The highest BCUT2D eigenvalue weighted by molar-refractivity contribution is 6.32. The Hall–Kier alpha value is -3.14. The van der Waals surface area contributed by atoms with E-state index in [4.69, 9.17) is 42.6 Å². The molecule has 2 rings (SSSR count). The lowest BCUT2D eigenvalue weighted by atomic mass is 10.1. The molecule has 1 aromatic carbocycles. The highest BCUT2D eigenvalue weighted by atomic mass is 35.5. The summed E-state index contributed by atoms with van der Waals surface area (Å²) in [5.41, 5.74) is 5.55. The highest BCUT2D eigenvalue weighted by Crippen LogP contribution is 2.37. The Bertz CT molecular complexity index is 775. The van der Waals surface area contributed by atoms with E-state index in [0.29, 0.717) is 22.1 Å². The Morgan fingerprint density at radius 1 is 1.14 bits per heavy atom. The van der Waals surface area contributed by atoms with Crippen LogP contribution in [0.25, 0.3) is 6.08 Å². The smallest absolute Gasteiger partial charge is 0.231 e. The number of halogens is 1. The maximum absolute atomic E-state index is 9.13. The van der Waals surface area contributed by atoms with Gasteiger partial charge in [-0.05, 0) is 17.7 Å². The average molecular weight is 299 g/mol. The minimum absolute atomic E-state index is 0.0335. The molecule has 0 saturated carbocycles. The van der Waals surface area contributed by atoms with Crippen molar-refractivity contribution in [2.45, 2.75) is 0 Å². The first-order valence-electron chi connectivity index (χ1n) is 5.62. The van der Waals surface area contributed by atoms with Gasteiger partial charge in [-0.2, -0.15) is 15.8 Å². The average Bonchev–Trinajstić information content (AvgIpc) is 2.92. The van der Waals surface area contributed by atoms with E-state index < -0.39 is 0 Å². The number of fused-ring (bicyclic) bond motifs is 1. The largest absolute Gasteiger partial charge is 0.454 e. The van der Waals surface area contributed by atoms with Crippen LogP contribution in [0.15, 0.2) is 29.0 Å². The van der Waals surface area contributed by atoms with Crippen LogP contribution in [0, 0.1) is 34.0 Å². The number of hydrogen-bond donors (Lipinski definition) is 1. The third-order valence-corrected chi connectivity index (χ3v) is 3.02. The summed E-state index contributed by atoms with van der Waals surface area (Å²) in [4.78, 5) is 0. The fraction of sp³-hybridized carbons (Fsp3) is 0.0714. The summed E-state index contributed by atoms with van der Waals surface area (Å²) in [5, 5.41) is 27.0. The van der Waals surface area contributed by atoms with Gasteiger partial charge in [-0.1, -0.05) is 11.6 Å². The van der Waals surface area contributed by atoms with Crippen molar-refractivity contribution >= 4 is 17.7 Å². The Kier molecular flexibility index (Phi) is 4.00. The SMILES string of the molecule is N#CC(=Cc1cc2c(cc1Cl)OCO2)C(N)=C(C#N)C#N. The molecule has 0 spiro atoms. The lowest BCUT2D eigenvalue weighted by molar-refractivity contribution is 0.174. The Morgan fingerprint density at radius 3 is 2.33 bits per heavy atom. The number of allylic oxidation sites excluding steroid dienone is 2. The van der Waals surface area contributed by atoms with Crippen molar-refractivity contribution in [3.05, 3.63) is 39.6 Å². The fourth-order valence-corrected chi connectivity index (χ4v) is 1.86. The van der Waals surface area contributed by atoms with E-state index in [1.165, 1.54) is 6.08 Å². The highest BCUT2D eigenvalue weighted by Gasteiger charge is 2.17. The predicted molar refractivity (Wildman–Crippen MR) is 73.6 cm³/mol. The number of nitrogens with two attached hydrogens (primary N) is 1. The fourth-order valence-electron chi connectivity index (χ4n) is 1.65. The van der Waals surface area contributed by atoms with E-state index in [1.807, 2.05) is 6.07 Å². The summed E-state index contributed by atoms with van der Waals surface area (Å²) >= 11 is 6.08. The molecule has 102 valence electrons. The van der Waals surface area contributed by atoms with Gasteiger partial charge in [0.05, 0.1) is 16.3 Å². The third-order valence-electron chi connectivity index (χ3n) is 2.70. The van der Waals surface area contributed by atoms with Crippen LogP contribution < -0.4 is 15.2 Å². The number of nitrogens with zero attached hydrogens (tertiary/aromatic N) is 3.